The third-order valence-corrected chi connectivity index (χ3v) is 3.15. The second-order valence-corrected chi connectivity index (χ2v) is 5.11. The van der Waals surface area contributed by atoms with Crippen molar-refractivity contribution < 1.29 is 28.5 Å². The number of benzene rings is 1. The Labute approximate surface area is 161 Å². The SMILES string of the molecule is CCOC(CCl)OCC.CCOC(COC(=O)c1ccccc1)OCC. The van der Waals surface area contributed by atoms with E-state index in [1.165, 1.54) is 0 Å². The Kier molecular flexibility index (Phi) is 16.5. The molecule has 0 heterocycles. The molecule has 0 bridgehead atoms. The molecule has 1 aromatic carbocycles. The van der Waals surface area contributed by atoms with Gasteiger partial charge < -0.3 is 23.7 Å². The van der Waals surface area contributed by atoms with Crippen molar-refractivity contribution in [1.29, 1.82) is 0 Å². The molecule has 0 amide bonds. The van der Waals surface area contributed by atoms with Gasteiger partial charge >= 0.3 is 5.97 Å². The van der Waals surface area contributed by atoms with E-state index in [0.29, 0.717) is 37.9 Å². The third kappa shape index (κ3) is 12.2. The van der Waals surface area contributed by atoms with E-state index in [-0.39, 0.29) is 18.9 Å². The summed E-state index contributed by atoms with van der Waals surface area (Å²) >= 11 is 5.48. The smallest absolute Gasteiger partial charge is 0.338 e. The third-order valence-electron chi connectivity index (χ3n) is 2.90. The van der Waals surface area contributed by atoms with Gasteiger partial charge in [0.25, 0.3) is 0 Å². The molecule has 0 saturated carbocycles. The van der Waals surface area contributed by atoms with Crippen LogP contribution in [-0.4, -0.2) is 57.5 Å². The highest BCUT2D eigenvalue weighted by Crippen LogP contribution is 2.03. The van der Waals surface area contributed by atoms with Crippen LogP contribution < -0.4 is 0 Å². The molecule has 0 saturated heterocycles. The van der Waals surface area contributed by atoms with Gasteiger partial charge in [-0.2, -0.15) is 0 Å². The molecule has 0 fully saturated rings. The number of ether oxygens (including phenoxy) is 5. The predicted molar refractivity (Wildman–Crippen MR) is 102 cm³/mol. The van der Waals surface area contributed by atoms with Crippen molar-refractivity contribution >= 4 is 17.6 Å². The average molecular weight is 391 g/mol. The van der Waals surface area contributed by atoms with Crippen LogP contribution in [0.3, 0.4) is 0 Å². The van der Waals surface area contributed by atoms with Gasteiger partial charge in [-0.1, -0.05) is 18.2 Å². The molecular formula is C19H31ClO6. The standard InChI is InChI=1S/C13H18O4.C6H13ClO2/c1-3-15-12(16-4-2)10-17-13(14)11-8-6-5-7-9-11;1-3-8-6(5-7)9-4-2/h5-9,12H,3-4,10H2,1-2H3;6H,3-5H2,1-2H3. The number of alkyl halides is 1. The Bertz CT molecular complexity index is 431. The maximum Gasteiger partial charge on any atom is 0.338 e. The lowest BCUT2D eigenvalue weighted by Crippen LogP contribution is -2.25. The first kappa shape index (κ1) is 24.8. The zero-order valence-corrected chi connectivity index (χ0v) is 16.9. The van der Waals surface area contributed by atoms with Crippen molar-refractivity contribution in [3.63, 3.8) is 0 Å². The molecule has 26 heavy (non-hydrogen) atoms. The zero-order chi connectivity index (χ0) is 19.6. The van der Waals surface area contributed by atoms with Crippen molar-refractivity contribution in [2.45, 2.75) is 40.3 Å². The molecule has 7 heteroatoms. The summed E-state index contributed by atoms with van der Waals surface area (Å²) in [6.45, 7) is 10.0. The fraction of sp³-hybridized carbons (Fsp3) is 0.632. The Morgan fingerprint density at radius 2 is 1.31 bits per heavy atom. The molecule has 1 aromatic rings. The van der Waals surface area contributed by atoms with E-state index < -0.39 is 6.29 Å². The first-order valence-corrected chi connectivity index (χ1v) is 9.40. The minimum atomic E-state index is -0.488. The summed E-state index contributed by atoms with van der Waals surface area (Å²) in [5, 5.41) is 0. The van der Waals surface area contributed by atoms with Crippen LogP contribution in [0.5, 0.6) is 0 Å². The molecular weight excluding hydrogens is 360 g/mol. The first-order valence-electron chi connectivity index (χ1n) is 8.87. The van der Waals surface area contributed by atoms with Crippen LogP contribution >= 0.6 is 11.6 Å². The Morgan fingerprint density at radius 1 is 0.846 bits per heavy atom. The number of carbonyl (C=O) groups is 1. The lowest BCUT2D eigenvalue weighted by molar-refractivity contribution is -0.158. The molecule has 1 rings (SSSR count). The van der Waals surface area contributed by atoms with Gasteiger partial charge in [-0.25, -0.2) is 4.79 Å². The van der Waals surface area contributed by atoms with Crippen LogP contribution in [0, 0.1) is 0 Å². The molecule has 0 aliphatic heterocycles. The van der Waals surface area contributed by atoms with Crippen molar-refractivity contribution in [1.82, 2.24) is 0 Å². The van der Waals surface area contributed by atoms with Crippen LogP contribution in [0.1, 0.15) is 38.1 Å². The summed E-state index contributed by atoms with van der Waals surface area (Å²) in [6, 6.07) is 8.84. The molecule has 0 radical (unpaired) electrons. The van der Waals surface area contributed by atoms with Crippen LogP contribution in [0.25, 0.3) is 0 Å². The van der Waals surface area contributed by atoms with Crippen LogP contribution in [-0.2, 0) is 23.7 Å². The minimum Gasteiger partial charge on any atom is -0.457 e. The van der Waals surface area contributed by atoms with Gasteiger partial charge in [0.15, 0.2) is 12.6 Å². The Hall–Kier alpha value is -1.18. The van der Waals surface area contributed by atoms with Crippen molar-refractivity contribution in [2.75, 3.05) is 38.9 Å². The van der Waals surface area contributed by atoms with Gasteiger partial charge in [-0.3, -0.25) is 0 Å². The Balaban J connectivity index is 0.000000590. The largest absolute Gasteiger partial charge is 0.457 e. The number of carbonyl (C=O) groups excluding carboxylic acids is 1. The zero-order valence-electron chi connectivity index (χ0n) is 16.1. The molecule has 150 valence electrons. The quantitative estimate of drug-likeness (QED) is 0.307. The molecule has 0 N–H and O–H groups in total. The Morgan fingerprint density at radius 3 is 1.73 bits per heavy atom. The van der Waals surface area contributed by atoms with Crippen molar-refractivity contribution in [3.05, 3.63) is 35.9 Å². The molecule has 0 atom stereocenters. The summed E-state index contributed by atoms with van der Waals surface area (Å²) in [7, 11) is 0. The second-order valence-electron chi connectivity index (χ2n) is 4.80. The molecule has 0 spiro atoms. The number of hydrogen-bond donors (Lipinski definition) is 0. The summed E-state index contributed by atoms with van der Waals surface area (Å²) in [4.78, 5) is 11.6. The highest BCUT2D eigenvalue weighted by atomic mass is 35.5. The van der Waals surface area contributed by atoms with Crippen molar-refractivity contribution in [3.8, 4) is 0 Å². The topological polar surface area (TPSA) is 63.2 Å². The van der Waals surface area contributed by atoms with Crippen LogP contribution in [0.15, 0.2) is 30.3 Å². The van der Waals surface area contributed by atoms with Crippen molar-refractivity contribution in [2.24, 2.45) is 0 Å². The number of halogens is 1. The van der Waals surface area contributed by atoms with E-state index in [0.717, 1.165) is 0 Å². The average Bonchev–Trinajstić information content (AvgIpc) is 2.67. The molecule has 0 aromatic heterocycles. The fourth-order valence-electron chi connectivity index (χ4n) is 1.83. The fourth-order valence-corrected chi connectivity index (χ4v) is 2.00. The van der Waals surface area contributed by atoms with E-state index >= 15 is 0 Å². The van der Waals surface area contributed by atoms with Gasteiger partial charge in [0.2, 0.25) is 0 Å². The summed E-state index contributed by atoms with van der Waals surface area (Å²) in [5.41, 5.74) is 0.527. The molecule has 6 nitrogen and oxygen atoms in total. The van der Waals surface area contributed by atoms with Crippen LogP contribution in [0.4, 0.5) is 0 Å². The van der Waals surface area contributed by atoms with E-state index in [1.54, 1.807) is 24.3 Å². The highest BCUT2D eigenvalue weighted by Gasteiger charge is 2.12. The molecule has 0 aliphatic rings. The normalized spacial score (nSPS) is 10.6. The summed E-state index contributed by atoms with van der Waals surface area (Å²) in [6.07, 6.45) is -0.709. The van der Waals surface area contributed by atoms with Crippen LogP contribution in [0.2, 0.25) is 0 Å². The highest BCUT2D eigenvalue weighted by molar-refractivity contribution is 6.18. The van der Waals surface area contributed by atoms with Gasteiger partial charge in [0, 0.05) is 26.4 Å². The lowest BCUT2D eigenvalue weighted by atomic mass is 10.2. The van der Waals surface area contributed by atoms with Gasteiger partial charge in [-0.05, 0) is 39.8 Å². The monoisotopic (exact) mass is 390 g/mol. The van der Waals surface area contributed by atoms with Gasteiger partial charge in [0.05, 0.1) is 11.4 Å². The number of esters is 1. The van der Waals surface area contributed by atoms with Gasteiger partial charge in [0.1, 0.15) is 6.61 Å². The van der Waals surface area contributed by atoms with E-state index in [4.69, 9.17) is 35.3 Å². The molecule has 0 unspecified atom stereocenters. The minimum absolute atomic E-state index is 0.107. The van der Waals surface area contributed by atoms with Gasteiger partial charge in [-0.15, -0.1) is 11.6 Å². The predicted octanol–water partition coefficient (Wildman–Crippen LogP) is 3.87. The molecule has 0 aliphatic carbocycles. The second kappa shape index (κ2) is 17.2. The summed E-state index contributed by atoms with van der Waals surface area (Å²) in [5.74, 6) is 0.0387. The first-order chi connectivity index (χ1) is 12.6. The number of hydrogen-bond acceptors (Lipinski definition) is 6. The maximum absolute atomic E-state index is 11.6. The summed E-state index contributed by atoms with van der Waals surface area (Å²) < 4.78 is 25.8. The van der Waals surface area contributed by atoms with E-state index in [2.05, 4.69) is 0 Å². The number of rotatable bonds is 12. The maximum atomic E-state index is 11.6. The lowest BCUT2D eigenvalue weighted by Gasteiger charge is -2.16. The van der Waals surface area contributed by atoms with E-state index in [9.17, 15) is 4.79 Å². The van der Waals surface area contributed by atoms with E-state index in [1.807, 2.05) is 33.8 Å².